The van der Waals surface area contributed by atoms with Gasteiger partial charge in [0.2, 0.25) is 11.0 Å². The summed E-state index contributed by atoms with van der Waals surface area (Å²) in [4.78, 5) is 12.5. The predicted molar refractivity (Wildman–Crippen MR) is 84.6 cm³/mol. The van der Waals surface area contributed by atoms with Crippen molar-refractivity contribution >= 4 is 22.4 Å². The van der Waals surface area contributed by atoms with Crippen LogP contribution in [0.5, 0.6) is 0 Å². The number of anilines is 1. The van der Waals surface area contributed by atoms with Gasteiger partial charge in [0, 0.05) is 5.92 Å². The maximum Gasteiger partial charge on any atom is 0.233 e. The minimum Gasteiger partial charge on any atom is -0.300 e. The fourth-order valence-corrected chi connectivity index (χ4v) is 3.31. The molecule has 2 aromatic rings. The van der Waals surface area contributed by atoms with Crippen LogP contribution in [0.1, 0.15) is 55.0 Å². The smallest absolute Gasteiger partial charge is 0.233 e. The molecule has 0 bridgehead atoms. The Morgan fingerprint density at radius 2 is 2.10 bits per heavy atom. The molecule has 0 saturated heterocycles. The predicted octanol–water partition coefficient (Wildman–Crippen LogP) is 3.94. The van der Waals surface area contributed by atoms with Gasteiger partial charge in [0.1, 0.15) is 5.01 Å². The molecule has 21 heavy (non-hydrogen) atoms. The fraction of sp³-hybridized carbons (Fsp3) is 0.438. The summed E-state index contributed by atoms with van der Waals surface area (Å²) < 4.78 is 0. The molecule has 1 aromatic heterocycles. The molecule has 1 N–H and O–H groups in total. The Labute approximate surface area is 128 Å². The molecule has 1 atom stereocenters. The average Bonchev–Trinajstić information content (AvgIpc) is 3.26. The maximum absolute atomic E-state index is 12.5. The lowest BCUT2D eigenvalue weighted by Crippen LogP contribution is -2.21. The molecule has 1 aromatic carbocycles. The molecule has 1 aliphatic carbocycles. The summed E-state index contributed by atoms with van der Waals surface area (Å²) in [6, 6.07) is 9.94. The molecular formula is C16H19N3OS. The second kappa shape index (κ2) is 6.35. The number of hydrogen-bond acceptors (Lipinski definition) is 4. The van der Waals surface area contributed by atoms with E-state index in [0.29, 0.717) is 11.0 Å². The summed E-state index contributed by atoms with van der Waals surface area (Å²) in [5.41, 5.74) is 1.06. The molecule has 1 fully saturated rings. The van der Waals surface area contributed by atoms with Crippen molar-refractivity contribution in [1.29, 1.82) is 0 Å². The van der Waals surface area contributed by atoms with Gasteiger partial charge in [-0.05, 0) is 24.8 Å². The molecule has 110 valence electrons. The van der Waals surface area contributed by atoms with Crippen LogP contribution in [-0.4, -0.2) is 16.1 Å². The van der Waals surface area contributed by atoms with E-state index in [1.54, 1.807) is 0 Å². The first-order valence-electron chi connectivity index (χ1n) is 7.47. The van der Waals surface area contributed by atoms with Crippen molar-refractivity contribution in [2.45, 2.75) is 44.4 Å². The topological polar surface area (TPSA) is 54.9 Å². The summed E-state index contributed by atoms with van der Waals surface area (Å²) in [7, 11) is 0. The standard InChI is InChI=1S/C16H19N3OS/c1-2-6-13(11-7-4-3-5-8-11)14(20)17-16-19-18-15(21-16)12-9-10-12/h3-5,7-8,12-13H,2,6,9-10H2,1H3,(H,17,19,20). The van der Waals surface area contributed by atoms with E-state index in [2.05, 4.69) is 22.4 Å². The van der Waals surface area contributed by atoms with Crippen molar-refractivity contribution in [3.8, 4) is 0 Å². The van der Waals surface area contributed by atoms with E-state index < -0.39 is 0 Å². The number of nitrogens with one attached hydrogen (secondary N) is 1. The van der Waals surface area contributed by atoms with E-state index in [9.17, 15) is 4.79 Å². The fourth-order valence-electron chi connectivity index (χ4n) is 2.40. The highest BCUT2D eigenvalue weighted by Gasteiger charge is 2.28. The number of aromatic nitrogens is 2. The SMILES string of the molecule is CCCC(C(=O)Nc1nnc(C2CC2)s1)c1ccccc1. The van der Waals surface area contributed by atoms with Crippen LogP contribution in [0.25, 0.3) is 0 Å². The molecule has 1 amide bonds. The molecule has 0 spiro atoms. The molecular weight excluding hydrogens is 282 g/mol. The van der Waals surface area contributed by atoms with Gasteiger partial charge in [-0.15, -0.1) is 10.2 Å². The lowest BCUT2D eigenvalue weighted by molar-refractivity contribution is -0.117. The molecule has 3 rings (SSSR count). The Morgan fingerprint density at radius 3 is 2.76 bits per heavy atom. The average molecular weight is 301 g/mol. The Morgan fingerprint density at radius 1 is 1.33 bits per heavy atom. The van der Waals surface area contributed by atoms with Crippen LogP contribution in [0.4, 0.5) is 5.13 Å². The van der Waals surface area contributed by atoms with E-state index >= 15 is 0 Å². The summed E-state index contributed by atoms with van der Waals surface area (Å²) in [6.45, 7) is 2.10. The second-order valence-corrected chi connectivity index (χ2v) is 6.47. The first-order chi connectivity index (χ1) is 10.3. The highest BCUT2D eigenvalue weighted by atomic mass is 32.1. The van der Waals surface area contributed by atoms with Crippen LogP contribution in [0.2, 0.25) is 0 Å². The number of nitrogens with zero attached hydrogens (tertiary/aromatic N) is 2. The summed E-state index contributed by atoms with van der Waals surface area (Å²) >= 11 is 1.51. The third kappa shape index (κ3) is 3.47. The number of benzene rings is 1. The monoisotopic (exact) mass is 301 g/mol. The Balaban J connectivity index is 1.71. The number of rotatable bonds is 6. The molecule has 4 nitrogen and oxygen atoms in total. The number of carbonyl (C=O) groups excluding carboxylic acids is 1. The summed E-state index contributed by atoms with van der Waals surface area (Å²) in [5, 5.41) is 12.9. The first-order valence-corrected chi connectivity index (χ1v) is 8.28. The van der Waals surface area contributed by atoms with Gasteiger partial charge < -0.3 is 0 Å². The Bertz CT molecular complexity index is 607. The van der Waals surface area contributed by atoms with Crippen LogP contribution < -0.4 is 5.32 Å². The third-order valence-electron chi connectivity index (χ3n) is 3.69. The number of hydrogen-bond donors (Lipinski definition) is 1. The highest BCUT2D eigenvalue weighted by molar-refractivity contribution is 7.15. The second-order valence-electron chi connectivity index (χ2n) is 5.46. The number of amides is 1. The van der Waals surface area contributed by atoms with Crippen LogP contribution in [0, 0.1) is 0 Å². The lowest BCUT2D eigenvalue weighted by Gasteiger charge is -2.15. The van der Waals surface area contributed by atoms with Crippen LogP contribution in [0.3, 0.4) is 0 Å². The van der Waals surface area contributed by atoms with Crippen molar-refractivity contribution in [3.63, 3.8) is 0 Å². The summed E-state index contributed by atoms with van der Waals surface area (Å²) in [5.74, 6) is 0.472. The molecule has 0 radical (unpaired) electrons. The minimum atomic E-state index is -0.121. The van der Waals surface area contributed by atoms with Crippen LogP contribution in [0.15, 0.2) is 30.3 Å². The normalized spacial score (nSPS) is 15.7. The minimum absolute atomic E-state index is 0.0153. The Kier molecular flexibility index (Phi) is 4.29. The van der Waals surface area contributed by atoms with Gasteiger partial charge in [-0.2, -0.15) is 0 Å². The molecule has 1 unspecified atom stereocenters. The van der Waals surface area contributed by atoms with Gasteiger partial charge in [0.15, 0.2) is 0 Å². The molecule has 1 aliphatic rings. The molecule has 0 aliphatic heterocycles. The van der Waals surface area contributed by atoms with E-state index in [1.165, 1.54) is 24.2 Å². The van der Waals surface area contributed by atoms with Gasteiger partial charge in [-0.1, -0.05) is 55.0 Å². The molecule has 5 heteroatoms. The van der Waals surface area contributed by atoms with E-state index in [0.717, 1.165) is 23.4 Å². The highest BCUT2D eigenvalue weighted by Crippen LogP contribution is 2.42. The maximum atomic E-state index is 12.5. The summed E-state index contributed by atoms with van der Waals surface area (Å²) in [6.07, 6.45) is 4.21. The zero-order valence-electron chi connectivity index (χ0n) is 12.1. The zero-order valence-corrected chi connectivity index (χ0v) is 12.9. The molecule has 1 saturated carbocycles. The van der Waals surface area contributed by atoms with Gasteiger partial charge in [-0.3, -0.25) is 10.1 Å². The van der Waals surface area contributed by atoms with Crippen molar-refractivity contribution in [2.75, 3.05) is 5.32 Å². The van der Waals surface area contributed by atoms with Gasteiger partial charge in [-0.25, -0.2) is 0 Å². The van der Waals surface area contributed by atoms with E-state index in [1.807, 2.05) is 30.3 Å². The number of carbonyl (C=O) groups is 1. The largest absolute Gasteiger partial charge is 0.300 e. The van der Waals surface area contributed by atoms with Crippen LogP contribution in [-0.2, 0) is 4.79 Å². The quantitative estimate of drug-likeness (QED) is 0.879. The van der Waals surface area contributed by atoms with Crippen molar-refractivity contribution < 1.29 is 4.79 Å². The zero-order chi connectivity index (χ0) is 14.7. The van der Waals surface area contributed by atoms with Crippen molar-refractivity contribution in [1.82, 2.24) is 10.2 Å². The van der Waals surface area contributed by atoms with Crippen molar-refractivity contribution in [2.24, 2.45) is 0 Å². The Hall–Kier alpha value is -1.75. The van der Waals surface area contributed by atoms with E-state index in [4.69, 9.17) is 0 Å². The first kappa shape index (κ1) is 14.2. The van der Waals surface area contributed by atoms with E-state index in [-0.39, 0.29) is 11.8 Å². The third-order valence-corrected chi connectivity index (χ3v) is 4.69. The van der Waals surface area contributed by atoms with Crippen molar-refractivity contribution in [3.05, 3.63) is 40.9 Å². The van der Waals surface area contributed by atoms with Crippen LogP contribution >= 0.6 is 11.3 Å². The van der Waals surface area contributed by atoms with Gasteiger partial charge in [0.25, 0.3) is 0 Å². The molecule has 1 heterocycles. The van der Waals surface area contributed by atoms with Gasteiger partial charge >= 0.3 is 0 Å². The van der Waals surface area contributed by atoms with Gasteiger partial charge in [0.05, 0.1) is 5.92 Å². The lowest BCUT2D eigenvalue weighted by atomic mass is 9.94.